The lowest BCUT2D eigenvalue weighted by Crippen LogP contribution is -2.31. The van der Waals surface area contributed by atoms with Gasteiger partial charge in [0, 0.05) is 11.9 Å². The van der Waals surface area contributed by atoms with E-state index in [0.29, 0.717) is 5.69 Å². The highest BCUT2D eigenvalue weighted by atomic mass is 32.1. The van der Waals surface area contributed by atoms with Crippen LogP contribution in [0.3, 0.4) is 0 Å². The minimum atomic E-state index is -0.00231. The Labute approximate surface area is 155 Å². The summed E-state index contributed by atoms with van der Waals surface area (Å²) in [7, 11) is 0. The first kappa shape index (κ1) is 15.5. The number of nitrogens with zero attached hydrogens (tertiary/aromatic N) is 3. The fourth-order valence-electron chi connectivity index (χ4n) is 3.63. The largest absolute Gasteiger partial charge is 0.328 e. The van der Waals surface area contributed by atoms with E-state index in [-0.39, 0.29) is 11.9 Å². The highest BCUT2D eigenvalue weighted by molar-refractivity contribution is 7.18. The first-order valence-corrected chi connectivity index (χ1v) is 9.63. The molecule has 1 saturated heterocycles. The standard InChI is InChI=1S/C21H17N3OS/c25-21(17-12-11-14-6-1-2-7-15(14)22-17)24-13-5-9-18(24)20-23-16-8-3-4-10-19(16)26-20/h1-4,6-8,10-12,18H,5,9,13H2. The number of thiazole rings is 1. The van der Waals surface area contributed by atoms with E-state index in [0.717, 1.165) is 40.8 Å². The normalized spacial score (nSPS) is 17.2. The maximum Gasteiger partial charge on any atom is 0.273 e. The van der Waals surface area contributed by atoms with Crippen molar-refractivity contribution in [2.24, 2.45) is 0 Å². The number of hydrogen-bond acceptors (Lipinski definition) is 4. The van der Waals surface area contributed by atoms with Crippen LogP contribution in [0, 0.1) is 0 Å². The Morgan fingerprint density at radius 2 is 1.77 bits per heavy atom. The Bertz CT molecular complexity index is 1090. The number of amides is 1. The Kier molecular flexibility index (Phi) is 3.68. The molecule has 0 N–H and O–H groups in total. The molecular weight excluding hydrogens is 342 g/mol. The van der Waals surface area contributed by atoms with E-state index in [1.807, 2.05) is 59.5 Å². The lowest BCUT2D eigenvalue weighted by Gasteiger charge is -2.22. The van der Waals surface area contributed by atoms with Gasteiger partial charge in [-0.15, -0.1) is 11.3 Å². The third kappa shape index (κ3) is 2.56. The van der Waals surface area contributed by atoms with Crippen LogP contribution in [0.1, 0.15) is 34.4 Å². The molecule has 0 saturated carbocycles. The van der Waals surface area contributed by atoms with Gasteiger partial charge < -0.3 is 4.90 Å². The summed E-state index contributed by atoms with van der Waals surface area (Å²) in [5.41, 5.74) is 2.38. The molecule has 4 nitrogen and oxygen atoms in total. The molecule has 1 fully saturated rings. The van der Waals surface area contributed by atoms with Gasteiger partial charge in [0.2, 0.25) is 0 Å². The number of aromatic nitrogens is 2. The summed E-state index contributed by atoms with van der Waals surface area (Å²) in [6.45, 7) is 0.758. The summed E-state index contributed by atoms with van der Waals surface area (Å²) >= 11 is 1.69. The van der Waals surface area contributed by atoms with Gasteiger partial charge in [-0.3, -0.25) is 4.79 Å². The number of carbonyl (C=O) groups is 1. The smallest absolute Gasteiger partial charge is 0.273 e. The Balaban J connectivity index is 1.49. The first-order chi connectivity index (χ1) is 12.8. The molecule has 0 spiro atoms. The van der Waals surface area contributed by atoms with E-state index in [2.05, 4.69) is 11.1 Å². The molecule has 1 aliphatic heterocycles. The van der Waals surface area contributed by atoms with Crippen LogP contribution in [0.4, 0.5) is 0 Å². The van der Waals surface area contributed by atoms with Crippen molar-refractivity contribution in [2.75, 3.05) is 6.54 Å². The van der Waals surface area contributed by atoms with Gasteiger partial charge in [0.25, 0.3) is 5.91 Å². The molecule has 1 amide bonds. The molecule has 5 rings (SSSR count). The van der Waals surface area contributed by atoms with Gasteiger partial charge in [0.15, 0.2) is 0 Å². The van der Waals surface area contributed by atoms with Crippen LogP contribution in [0.2, 0.25) is 0 Å². The zero-order valence-electron chi connectivity index (χ0n) is 14.1. The first-order valence-electron chi connectivity index (χ1n) is 8.82. The third-order valence-electron chi connectivity index (χ3n) is 4.93. The number of para-hydroxylation sites is 2. The summed E-state index contributed by atoms with van der Waals surface area (Å²) in [6.07, 6.45) is 1.96. The van der Waals surface area contributed by atoms with Crippen LogP contribution < -0.4 is 0 Å². The fraction of sp³-hybridized carbons (Fsp3) is 0.190. The highest BCUT2D eigenvalue weighted by Gasteiger charge is 2.33. The molecule has 128 valence electrons. The molecule has 0 aliphatic carbocycles. The van der Waals surface area contributed by atoms with Gasteiger partial charge in [0.05, 0.1) is 21.8 Å². The highest BCUT2D eigenvalue weighted by Crippen LogP contribution is 2.37. The number of pyridine rings is 1. The van der Waals surface area contributed by atoms with E-state index in [1.165, 1.54) is 4.70 Å². The van der Waals surface area contributed by atoms with Crippen molar-refractivity contribution in [1.29, 1.82) is 0 Å². The van der Waals surface area contributed by atoms with E-state index < -0.39 is 0 Å². The Morgan fingerprint density at radius 1 is 0.962 bits per heavy atom. The van der Waals surface area contributed by atoms with Gasteiger partial charge in [-0.25, -0.2) is 9.97 Å². The van der Waals surface area contributed by atoms with E-state index in [1.54, 1.807) is 11.3 Å². The second kappa shape index (κ2) is 6.18. The molecule has 5 heteroatoms. The predicted octanol–water partition coefficient (Wildman–Crippen LogP) is 4.82. The van der Waals surface area contributed by atoms with Crippen molar-refractivity contribution in [1.82, 2.24) is 14.9 Å². The molecule has 26 heavy (non-hydrogen) atoms. The van der Waals surface area contributed by atoms with Gasteiger partial charge in [-0.1, -0.05) is 36.4 Å². The maximum absolute atomic E-state index is 13.1. The van der Waals surface area contributed by atoms with E-state index in [9.17, 15) is 4.79 Å². The molecule has 1 atom stereocenters. The van der Waals surface area contributed by atoms with Gasteiger partial charge in [-0.05, 0) is 37.1 Å². The van der Waals surface area contributed by atoms with Crippen LogP contribution in [0.15, 0.2) is 60.7 Å². The quantitative estimate of drug-likeness (QED) is 0.515. The average Bonchev–Trinajstić information content (AvgIpc) is 3.33. The Hall–Kier alpha value is -2.79. The molecule has 4 aromatic rings. The van der Waals surface area contributed by atoms with E-state index in [4.69, 9.17) is 4.98 Å². The minimum Gasteiger partial charge on any atom is -0.328 e. The lowest BCUT2D eigenvalue weighted by atomic mass is 10.2. The van der Waals surface area contributed by atoms with Crippen LogP contribution in [0.25, 0.3) is 21.1 Å². The second-order valence-corrected chi connectivity index (χ2v) is 7.63. The number of fused-ring (bicyclic) bond motifs is 2. The maximum atomic E-state index is 13.1. The summed E-state index contributed by atoms with van der Waals surface area (Å²) < 4.78 is 1.17. The van der Waals surface area contributed by atoms with Crippen molar-refractivity contribution < 1.29 is 4.79 Å². The molecule has 3 heterocycles. The topological polar surface area (TPSA) is 46.1 Å². The number of likely N-dealkylation sites (tertiary alicyclic amines) is 1. The van der Waals surface area contributed by atoms with Crippen molar-refractivity contribution in [3.63, 3.8) is 0 Å². The molecule has 0 bridgehead atoms. The zero-order valence-corrected chi connectivity index (χ0v) is 14.9. The van der Waals surface area contributed by atoms with Gasteiger partial charge in [-0.2, -0.15) is 0 Å². The number of carbonyl (C=O) groups excluding carboxylic acids is 1. The van der Waals surface area contributed by atoms with Crippen molar-refractivity contribution in [3.05, 3.63) is 71.4 Å². The van der Waals surface area contributed by atoms with Crippen LogP contribution in [-0.4, -0.2) is 27.3 Å². The van der Waals surface area contributed by atoms with Crippen LogP contribution >= 0.6 is 11.3 Å². The van der Waals surface area contributed by atoms with Crippen molar-refractivity contribution in [2.45, 2.75) is 18.9 Å². The summed E-state index contributed by atoms with van der Waals surface area (Å²) in [4.78, 5) is 24.4. The molecule has 2 aromatic heterocycles. The summed E-state index contributed by atoms with van der Waals surface area (Å²) in [5, 5.41) is 2.08. The summed E-state index contributed by atoms with van der Waals surface area (Å²) in [6, 6.07) is 19.9. The van der Waals surface area contributed by atoms with Crippen molar-refractivity contribution in [3.8, 4) is 0 Å². The Morgan fingerprint density at radius 3 is 2.65 bits per heavy atom. The fourth-order valence-corrected chi connectivity index (χ4v) is 4.75. The minimum absolute atomic E-state index is 0.00231. The number of hydrogen-bond donors (Lipinski definition) is 0. The van der Waals surface area contributed by atoms with Crippen molar-refractivity contribution >= 4 is 38.4 Å². The summed E-state index contributed by atoms with van der Waals surface area (Å²) in [5.74, 6) is -0.00231. The lowest BCUT2D eigenvalue weighted by molar-refractivity contribution is 0.0730. The molecule has 0 radical (unpaired) electrons. The zero-order chi connectivity index (χ0) is 17.5. The number of benzene rings is 2. The van der Waals surface area contributed by atoms with Gasteiger partial charge in [0.1, 0.15) is 10.7 Å². The SMILES string of the molecule is O=C(c1ccc2ccccc2n1)N1CCCC1c1nc2ccccc2s1. The number of rotatable bonds is 2. The molecule has 2 aromatic carbocycles. The second-order valence-electron chi connectivity index (χ2n) is 6.57. The molecular formula is C21H17N3OS. The van der Waals surface area contributed by atoms with Crippen LogP contribution in [0.5, 0.6) is 0 Å². The third-order valence-corrected chi connectivity index (χ3v) is 6.06. The van der Waals surface area contributed by atoms with E-state index >= 15 is 0 Å². The van der Waals surface area contributed by atoms with Crippen LogP contribution in [-0.2, 0) is 0 Å². The predicted molar refractivity (Wildman–Crippen MR) is 104 cm³/mol. The van der Waals surface area contributed by atoms with Gasteiger partial charge >= 0.3 is 0 Å². The molecule has 1 aliphatic rings. The average molecular weight is 359 g/mol. The molecule has 1 unspecified atom stereocenters. The monoisotopic (exact) mass is 359 g/mol.